The van der Waals surface area contributed by atoms with Gasteiger partial charge in [-0.1, -0.05) is 0 Å². The van der Waals surface area contributed by atoms with Crippen LogP contribution < -0.4 is 57.2 Å². The molecule has 8 nitrogen and oxygen atoms in total. The average molecular weight is 266 g/mol. The number of hydrogen-bond donors (Lipinski definition) is 0. The van der Waals surface area contributed by atoms with E-state index in [0.717, 1.165) is 0 Å². The first-order chi connectivity index (χ1) is 4.00. The van der Waals surface area contributed by atoms with Gasteiger partial charge in [-0.3, -0.25) is 0 Å². The second kappa shape index (κ2) is 12.0. The summed E-state index contributed by atoms with van der Waals surface area (Å²) in [7, 11) is -11.2. The van der Waals surface area contributed by atoms with Crippen molar-refractivity contribution < 1.29 is 78.9 Å². The first kappa shape index (κ1) is 29.4. The quantitative estimate of drug-likeness (QED) is 0.386. The fourth-order valence-corrected chi connectivity index (χ4v) is 0. The molecular weight excluding hydrogens is 266 g/mol. The molecule has 0 rings (SSSR count). The van der Waals surface area contributed by atoms with E-state index in [9.17, 15) is 0 Å². The zero-order valence-electron chi connectivity index (χ0n) is 6.34. The van der Waals surface area contributed by atoms with Crippen molar-refractivity contribution in [2.24, 2.45) is 0 Å². The molecule has 0 heterocycles. The van der Waals surface area contributed by atoms with Crippen molar-refractivity contribution in [2.45, 2.75) is 0 Å². The first-order valence-electron chi connectivity index (χ1n) is 1.63. The maximum Gasteiger partial charge on any atom is 4.00 e. The minimum absolute atomic E-state index is 0. The Morgan fingerprint density at radius 2 is 0.538 bits per heavy atom. The van der Waals surface area contributed by atoms with E-state index in [-0.39, 0.29) is 57.9 Å². The van der Waals surface area contributed by atoms with Crippen molar-refractivity contribution in [3.8, 4) is 0 Å². The van der Waals surface area contributed by atoms with Crippen LogP contribution in [0.5, 0.6) is 0 Å². The average Bonchev–Trinajstić information content (AvgIpc) is 1.12. The fourth-order valence-electron chi connectivity index (χ4n) is 0. The van der Waals surface area contributed by atoms with Gasteiger partial charge in [0, 0.05) is 0 Å². The monoisotopic (exact) mass is 266 g/mol. The molecule has 0 unspecified atom stereocenters. The van der Waals surface area contributed by atoms with Gasteiger partial charge in [-0.05, 0) is 0 Å². The van der Waals surface area contributed by atoms with Gasteiger partial charge in [0.15, 0.2) is 0 Å². The van der Waals surface area contributed by atoms with Crippen LogP contribution in [0.4, 0.5) is 0 Å². The Kier molecular flexibility index (Phi) is 27.2. The summed E-state index contributed by atoms with van der Waals surface area (Å²) >= 11 is 0. The number of hydrogen-bond acceptors (Lipinski definition) is 8. The van der Waals surface area contributed by atoms with Crippen LogP contribution in [-0.2, 0) is 21.7 Å². The summed E-state index contributed by atoms with van der Waals surface area (Å²) in [6.45, 7) is 0. The second-order valence-corrected chi connectivity index (χ2v) is 3.00. The van der Waals surface area contributed by atoms with E-state index in [2.05, 4.69) is 0 Å². The Labute approximate surface area is 114 Å². The molecule has 0 aliphatic rings. The van der Waals surface area contributed by atoms with Crippen LogP contribution in [0.2, 0.25) is 0 Å². The van der Waals surface area contributed by atoms with Crippen molar-refractivity contribution in [3.63, 3.8) is 0 Å². The van der Waals surface area contributed by atoms with Crippen molar-refractivity contribution in [1.82, 2.24) is 0 Å². The van der Waals surface area contributed by atoms with Crippen molar-refractivity contribution in [2.75, 3.05) is 0 Å². The summed E-state index contributed by atoms with van der Waals surface area (Å²) in [5.74, 6) is 0. The normalized spacial score (nSPS) is 9.23. The Bertz CT molecular complexity index is 65.1. The third-order valence-corrected chi connectivity index (χ3v) is 0. The molecular formula is AlLiO8Si2Ti. The first-order valence-corrected chi connectivity index (χ1v) is 4.90. The van der Waals surface area contributed by atoms with Crippen LogP contribution in [-0.4, -0.2) is 35.5 Å². The maximum atomic E-state index is 8.58. The Hall–Kier alpha value is 1.96. The summed E-state index contributed by atoms with van der Waals surface area (Å²) < 4.78 is 0. The van der Waals surface area contributed by atoms with Gasteiger partial charge in [-0.15, -0.1) is 0 Å². The van der Waals surface area contributed by atoms with Gasteiger partial charge in [-0.2, -0.15) is 0 Å². The van der Waals surface area contributed by atoms with Gasteiger partial charge >= 0.3 is 57.9 Å². The summed E-state index contributed by atoms with van der Waals surface area (Å²) in [5.41, 5.74) is 0. The molecule has 0 saturated carbocycles. The summed E-state index contributed by atoms with van der Waals surface area (Å²) in [5, 5.41) is 0. The zero-order chi connectivity index (χ0) is 9.00. The Balaban J connectivity index is -0.0000000267. The molecule has 0 fully saturated rings. The van der Waals surface area contributed by atoms with E-state index in [4.69, 9.17) is 38.4 Å². The smallest absolute Gasteiger partial charge is 0.894 e. The van der Waals surface area contributed by atoms with Crippen LogP contribution in [0.3, 0.4) is 0 Å². The minimum Gasteiger partial charge on any atom is -0.894 e. The molecule has 0 aliphatic heterocycles. The molecule has 13 heavy (non-hydrogen) atoms. The molecule has 0 aromatic carbocycles. The summed E-state index contributed by atoms with van der Waals surface area (Å²) in [6, 6.07) is 0. The van der Waals surface area contributed by atoms with Crippen molar-refractivity contribution >= 4 is 35.5 Å². The molecule has 13 heteroatoms. The number of rotatable bonds is 0. The van der Waals surface area contributed by atoms with E-state index in [1.54, 1.807) is 0 Å². The van der Waals surface area contributed by atoms with Crippen LogP contribution in [0.25, 0.3) is 0 Å². The third-order valence-electron chi connectivity index (χ3n) is 0. The van der Waals surface area contributed by atoms with E-state index >= 15 is 0 Å². The molecule has 0 aromatic rings. The zero-order valence-corrected chi connectivity index (χ0v) is 11.1. The third kappa shape index (κ3) is 521. The van der Waals surface area contributed by atoms with Gasteiger partial charge in [0.1, 0.15) is 0 Å². The largest absolute Gasteiger partial charge is 4.00 e. The van der Waals surface area contributed by atoms with Crippen LogP contribution in [0, 0.1) is 0 Å². The van der Waals surface area contributed by atoms with Gasteiger partial charge in [0.05, 0.1) is 0 Å². The molecule has 0 amide bonds. The Morgan fingerprint density at radius 1 is 0.538 bits per heavy atom. The standard InChI is InChI=1S/Al.Li.2O4Si.Ti/c;;2*1-5(2,3)4;/q+3;+1;2*-4;+4. The summed E-state index contributed by atoms with van der Waals surface area (Å²) in [6.07, 6.45) is 0. The van der Waals surface area contributed by atoms with Crippen LogP contribution >= 0.6 is 0 Å². The molecule has 0 saturated heterocycles. The van der Waals surface area contributed by atoms with E-state index in [1.807, 2.05) is 0 Å². The molecule has 0 aliphatic carbocycles. The summed E-state index contributed by atoms with van der Waals surface area (Å²) in [4.78, 5) is 68.6. The van der Waals surface area contributed by atoms with E-state index in [1.165, 1.54) is 0 Å². The molecule has 0 spiro atoms. The van der Waals surface area contributed by atoms with Crippen molar-refractivity contribution in [3.05, 3.63) is 0 Å². The molecule has 0 bridgehead atoms. The van der Waals surface area contributed by atoms with Crippen LogP contribution in [0.1, 0.15) is 0 Å². The predicted molar refractivity (Wildman–Crippen MR) is 17.3 cm³/mol. The second-order valence-electron chi connectivity index (χ2n) is 1.00. The maximum absolute atomic E-state index is 8.58. The molecule has 0 N–H and O–H groups in total. The molecule has 0 radical (unpaired) electrons. The van der Waals surface area contributed by atoms with Crippen molar-refractivity contribution in [1.29, 1.82) is 0 Å². The van der Waals surface area contributed by atoms with E-state index in [0.29, 0.717) is 0 Å². The fraction of sp³-hybridized carbons (Fsp3) is 0. The van der Waals surface area contributed by atoms with Gasteiger partial charge < -0.3 is 56.5 Å². The molecule has 0 atom stereocenters. The topological polar surface area (TPSA) is 184 Å². The molecule has 64 valence electrons. The van der Waals surface area contributed by atoms with E-state index < -0.39 is 18.1 Å². The van der Waals surface area contributed by atoms with Gasteiger partial charge in [0.2, 0.25) is 0 Å². The van der Waals surface area contributed by atoms with Crippen LogP contribution in [0.15, 0.2) is 0 Å². The van der Waals surface area contributed by atoms with Gasteiger partial charge in [-0.25, -0.2) is 0 Å². The Morgan fingerprint density at radius 3 is 0.538 bits per heavy atom. The predicted octanol–water partition coefficient (Wildman–Crippen LogP) is -13.7. The molecule has 0 aromatic heterocycles. The minimum atomic E-state index is -5.61. The SMILES string of the molecule is [Al+3].[Li+].[O-][Si]([O-])([O-])[O-].[O-][Si]([O-])([O-])[O-].[Ti+4]. The van der Waals surface area contributed by atoms with Gasteiger partial charge in [0.25, 0.3) is 0 Å².